The zero-order chi connectivity index (χ0) is 27.7. The highest BCUT2D eigenvalue weighted by molar-refractivity contribution is 5.78. The Kier molecular flexibility index (Phi) is 10.3. The van der Waals surface area contributed by atoms with E-state index in [0.717, 1.165) is 34.2 Å². The monoisotopic (exact) mass is 520 g/mol. The van der Waals surface area contributed by atoms with Crippen LogP contribution in [0.25, 0.3) is 11.1 Å². The summed E-state index contributed by atoms with van der Waals surface area (Å²) < 4.78 is 20.1. The van der Waals surface area contributed by atoms with E-state index in [0.29, 0.717) is 36.6 Å². The van der Waals surface area contributed by atoms with Crippen molar-refractivity contribution in [2.45, 2.75) is 47.0 Å². The van der Waals surface area contributed by atoms with E-state index in [1.807, 2.05) is 45.9 Å². The summed E-state index contributed by atoms with van der Waals surface area (Å²) in [6.45, 7) is 9.99. The average Bonchev–Trinajstić information content (AvgIpc) is 2.87. The molecule has 0 saturated heterocycles. The predicted octanol–water partition coefficient (Wildman–Crippen LogP) is 6.03. The first-order valence-electron chi connectivity index (χ1n) is 13.1. The minimum atomic E-state index is -0.939. The van der Waals surface area contributed by atoms with Crippen LogP contribution < -0.4 is 10.1 Å². The average molecular weight is 521 g/mol. The fourth-order valence-corrected chi connectivity index (χ4v) is 4.61. The van der Waals surface area contributed by atoms with Gasteiger partial charge in [-0.15, -0.1) is 0 Å². The van der Waals surface area contributed by atoms with Crippen molar-refractivity contribution in [2.24, 2.45) is 0 Å². The number of rotatable bonds is 13. The summed E-state index contributed by atoms with van der Waals surface area (Å²) in [4.78, 5) is 24.8. The maximum atomic E-state index is 14.3. The first kappa shape index (κ1) is 28.7. The molecule has 3 aromatic rings. The van der Waals surface area contributed by atoms with Crippen molar-refractivity contribution >= 4 is 17.6 Å². The lowest BCUT2D eigenvalue weighted by Crippen LogP contribution is -2.34. The van der Waals surface area contributed by atoms with Crippen LogP contribution in [0.4, 0.5) is 10.1 Å². The molecule has 0 unspecified atom stereocenters. The normalized spacial score (nSPS) is 10.8. The number of nitrogens with zero attached hydrogens (tertiary/aromatic N) is 1. The molecule has 0 aliphatic rings. The molecule has 1 amide bonds. The minimum absolute atomic E-state index is 0.0208. The smallest absolute Gasteiger partial charge is 0.303 e. The van der Waals surface area contributed by atoms with Crippen LogP contribution in [0.3, 0.4) is 0 Å². The van der Waals surface area contributed by atoms with E-state index in [4.69, 9.17) is 9.84 Å². The standard InChI is InChI=1S/C31H37FN2O4/c1-5-34(6-2)29(35)20-38-27-16-21(3)31(22(4)17-27)25-9-7-8-23(18-25)14-15-33-26-12-10-24(28(32)19-26)11-13-30(36)37/h7-10,12,16-19,33H,5-6,11,13-15,20H2,1-4H3,(H,36,37). The van der Waals surface area contributed by atoms with Crippen molar-refractivity contribution in [1.82, 2.24) is 4.90 Å². The van der Waals surface area contributed by atoms with E-state index in [9.17, 15) is 14.0 Å². The van der Waals surface area contributed by atoms with Crippen LogP contribution in [0.5, 0.6) is 5.75 Å². The number of benzene rings is 3. The zero-order valence-corrected chi connectivity index (χ0v) is 22.6. The molecule has 38 heavy (non-hydrogen) atoms. The Labute approximate surface area is 224 Å². The van der Waals surface area contributed by atoms with Crippen molar-refractivity contribution in [1.29, 1.82) is 0 Å². The van der Waals surface area contributed by atoms with Gasteiger partial charge in [-0.1, -0.05) is 30.3 Å². The summed E-state index contributed by atoms with van der Waals surface area (Å²) in [5, 5.41) is 12.0. The number of carboxylic acid groups (broad SMARTS) is 1. The number of aryl methyl sites for hydroxylation is 3. The van der Waals surface area contributed by atoms with Gasteiger partial charge in [-0.25, -0.2) is 4.39 Å². The zero-order valence-electron chi connectivity index (χ0n) is 22.6. The fourth-order valence-electron chi connectivity index (χ4n) is 4.61. The van der Waals surface area contributed by atoms with E-state index < -0.39 is 11.8 Å². The Morgan fingerprint density at radius 3 is 2.32 bits per heavy atom. The second kappa shape index (κ2) is 13.6. The highest BCUT2D eigenvalue weighted by Gasteiger charge is 2.13. The largest absolute Gasteiger partial charge is 0.484 e. The van der Waals surface area contributed by atoms with Crippen molar-refractivity contribution in [3.8, 4) is 16.9 Å². The second-order valence-corrected chi connectivity index (χ2v) is 9.36. The van der Waals surface area contributed by atoms with Gasteiger partial charge in [0.15, 0.2) is 6.61 Å². The minimum Gasteiger partial charge on any atom is -0.484 e. The molecule has 0 heterocycles. The Morgan fingerprint density at radius 2 is 1.68 bits per heavy atom. The van der Waals surface area contributed by atoms with Crippen molar-refractivity contribution in [3.63, 3.8) is 0 Å². The number of carboxylic acids is 1. The molecule has 202 valence electrons. The Morgan fingerprint density at radius 1 is 0.974 bits per heavy atom. The summed E-state index contributed by atoms with van der Waals surface area (Å²) in [6, 6.07) is 17.1. The molecule has 0 radical (unpaired) electrons. The van der Waals surface area contributed by atoms with Crippen LogP contribution in [0.2, 0.25) is 0 Å². The number of likely N-dealkylation sites (N-methyl/N-ethyl adjacent to an activating group) is 1. The van der Waals surface area contributed by atoms with E-state index in [2.05, 4.69) is 23.5 Å². The highest BCUT2D eigenvalue weighted by atomic mass is 19.1. The van der Waals surface area contributed by atoms with Gasteiger partial charge >= 0.3 is 5.97 Å². The van der Waals surface area contributed by atoms with Crippen LogP contribution in [-0.4, -0.2) is 48.1 Å². The molecule has 7 heteroatoms. The van der Waals surface area contributed by atoms with Gasteiger partial charge in [-0.05, 0) is 98.2 Å². The highest BCUT2D eigenvalue weighted by Crippen LogP contribution is 2.31. The molecule has 0 fully saturated rings. The number of anilines is 1. The molecule has 0 spiro atoms. The predicted molar refractivity (Wildman–Crippen MR) is 149 cm³/mol. The van der Waals surface area contributed by atoms with Gasteiger partial charge in [-0.2, -0.15) is 0 Å². The molecular formula is C31H37FN2O4. The molecule has 0 atom stereocenters. The molecule has 3 aromatic carbocycles. The van der Waals surface area contributed by atoms with E-state index in [1.54, 1.807) is 17.0 Å². The van der Waals surface area contributed by atoms with Gasteiger partial charge < -0.3 is 20.1 Å². The number of halogens is 1. The molecule has 0 aromatic heterocycles. The summed E-state index contributed by atoms with van der Waals surface area (Å²) in [5.74, 6) is -0.668. The Hall–Kier alpha value is -3.87. The van der Waals surface area contributed by atoms with Gasteiger partial charge in [-0.3, -0.25) is 9.59 Å². The molecule has 0 saturated carbocycles. The Bertz CT molecular complexity index is 1250. The molecule has 6 nitrogen and oxygen atoms in total. The summed E-state index contributed by atoms with van der Waals surface area (Å²) in [5.41, 5.74) is 6.62. The van der Waals surface area contributed by atoms with Crippen molar-refractivity contribution < 1.29 is 23.8 Å². The molecule has 0 bridgehead atoms. The SMILES string of the molecule is CCN(CC)C(=O)COc1cc(C)c(-c2cccc(CCNc3ccc(CCC(=O)O)c(F)c3)c2)c(C)c1. The molecule has 2 N–H and O–H groups in total. The number of aliphatic carboxylic acids is 1. The van der Waals surface area contributed by atoms with Gasteiger partial charge in [0.2, 0.25) is 0 Å². The maximum absolute atomic E-state index is 14.3. The summed E-state index contributed by atoms with van der Waals surface area (Å²) in [7, 11) is 0. The number of nitrogens with one attached hydrogen (secondary N) is 1. The second-order valence-electron chi connectivity index (χ2n) is 9.36. The number of hydrogen-bond donors (Lipinski definition) is 2. The first-order valence-corrected chi connectivity index (χ1v) is 13.1. The quantitative estimate of drug-likeness (QED) is 0.288. The van der Waals surface area contributed by atoms with E-state index in [1.165, 1.54) is 6.07 Å². The number of hydrogen-bond acceptors (Lipinski definition) is 4. The van der Waals surface area contributed by atoms with E-state index in [-0.39, 0.29) is 25.4 Å². The first-order chi connectivity index (χ1) is 18.2. The topological polar surface area (TPSA) is 78.9 Å². The number of amides is 1. The lowest BCUT2D eigenvalue weighted by Gasteiger charge is -2.19. The van der Waals surface area contributed by atoms with Crippen LogP contribution in [0.1, 0.15) is 42.5 Å². The number of ether oxygens (including phenoxy) is 1. The summed E-state index contributed by atoms with van der Waals surface area (Å²) in [6.07, 6.45) is 0.836. The van der Waals surface area contributed by atoms with Crippen molar-refractivity contribution in [3.05, 3.63) is 82.7 Å². The maximum Gasteiger partial charge on any atom is 0.303 e. The van der Waals surface area contributed by atoms with Gasteiger partial charge in [0.1, 0.15) is 11.6 Å². The lowest BCUT2D eigenvalue weighted by molar-refractivity contribution is -0.137. The molecule has 3 rings (SSSR count). The third-order valence-corrected chi connectivity index (χ3v) is 6.60. The van der Waals surface area contributed by atoms with Crippen LogP contribution >= 0.6 is 0 Å². The van der Waals surface area contributed by atoms with E-state index >= 15 is 0 Å². The van der Waals surface area contributed by atoms with Crippen molar-refractivity contribution in [2.75, 3.05) is 31.6 Å². The third-order valence-electron chi connectivity index (χ3n) is 6.60. The molecule has 0 aliphatic heterocycles. The lowest BCUT2D eigenvalue weighted by atomic mass is 9.94. The van der Waals surface area contributed by atoms with Gasteiger partial charge in [0, 0.05) is 31.7 Å². The fraction of sp³-hybridized carbons (Fsp3) is 0.355. The van der Waals surface area contributed by atoms with Crippen LogP contribution in [-0.2, 0) is 22.4 Å². The van der Waals surface area contributed by atoms with Gasteiger partial charge in [0.25, 0.3) is 5.91 Å². The number of carbonyl (C=O) groups is 2. The third kappa shape index (κ3) is 7.81. The van der Waals surface area contributed by atoms with Crippen LogP contribution in [0, 0.1) is 19.7 Å². The number of carbonyl (C=O) groups excluding carboxylic acids is 1. The Balaban J connectivity index is 1.63. The van der Waals surface area contributed by atoms with Gasteiger partial charge in [0.05, 0.1) is 0 Å². The molecular weight excluding hydrogens is 483 g/mol. The van der Waals surface area contributed by atoms with Crippen LogP contribution in [0.15, 0.2) is 54.6 Å². The summed E-state index contributed by atoms with van der Waals surface area (Å²) >= 11 is 0. The molecule has 0 aliphatic carbocycles.